The van der Waals surface area contributed by atoms with Gasteiger partial charge in [0.1, 0.15) is 0 Å². The van der Waals surface area contributed by atoms with E-state index in [0.717, 1.165) is 0 Å². The van der Waals surface area contributed by atoms with E-state index in [0.29, 0.717) is 16.1 Å². The quantitative estimate of drug-likeness (QED) is 0.877. The summed E-state index contributed by atoms with van der Waals surface area (Å²) in [7, 11) is 3.32. The minimum Gasteiger partial charge on any atom is -0.345 e. The van der Waals surface area contributed by atoms with Crippen LogP contribution in [-0.2, 0) is 4.79 Å². The third-order valence-electron chi connectivity index (χ3n) is 2.95. The molecule has 0 saturated heterocycles. The Morgan fingerprint density at radius 3 is 2.57 bits per heavy atom. The molecule has 2 aromatic rings. The molecular formula is C16H17N3O3S. The minimum atomic E-state index is -0.357. The first kappa shape index (κ1) is 16.7. The summed E-state index contributed by atoms with van der Waals surface area (Å²) in [6, 6.07) is 10.1. The molecule has 7 heteroatoms. The fourth-order valence-electron chi connectivity index (χ4n) is 1.85. The Kier molecular flexibility index (Phi) is 5.48. The van der Waals surface area contributed by atoms with Gasteiger partial charge in [-0.3, -0.25) is 14.4 Å². The number of nitrogens with zero attached hydrogens (tertiary/aromatic N) is 1. The van der Waals surface area contributed by atoms with Crippen molar-refractivity contribution in [2.45, 2.75) is 0 Å². The Morgan fingerprint density at radius 2 is 1.91 bits per heavy atom. The minimum absolute atomic E-state index is 0.136. The van der Waals surface area contributed by atoms with Crippen LogP contribution in [0.15, 0.2) is 41.8 Å². The van der Waals surface area contributed by atoms with Crippen LogP contribution >= 0.6 is 11.3 Å². The number of benzene rings is 1. The smallest absolute Gasteiger partial charge is 0.261 e. The Labute approximate surface area is 138 Å². The number of nitrogens with one attached hydrogen (secondary N) is 2. The molecule has 0 aliphatic carbocycles. The highest BCUT2D eigenvalue weighted by Crippen LogP contribution is 2.12. The maximum absolute atomic E-state index is 11.9. The van der Waals surface area contributed by atoms with Crippen LogP contribution in [0.25, 0.3) is 0 Å². The van der Waals surface area contributed by atoms with Crippen molar-refractivity contribution in [2.75, 3.05) is 26.0 Å². The lowest BCUT2D eigenvalue weighted by Gasteiger charge is -2.12. The van der Waals surface area contributed by atoms with E-state index in [1.54, 1.807) is 55.9 Å². The Bertz CT molecular complexity index is 711. The molecule has 0 unspecified atom stereocenters. The van der Waals surface area contributed by atoms with Gasteiger partial charge in [-0.15, -0.1) is 11.3 Å². The molecule has 0 bridgehead atoms. The lowest BCUT2D eigenvalue weighted by molar-refractivity contribution is -0.115. The van der Waals surface area contributed by atoms with Crippen LogP contribution in [0.5, 0.6) is 0 Å². The molecule has 0 saturated carbocycles. The standard InChI is InChI=1S/C16H17N3O3S/c1-19(2)16(22)11-5-3-6-12(9-11)18-14(20)10-17-15(21)13-7-4-8-23-13/h3-9H,10H2,1-2H3,(H,17,21)(H,18,20). The molecule has 0 spiro atoms. The summed E-state index contributed by atoms with van der Waals surface area (Å²) in [5, 5.41) is 6.99. The third-order valence-corrected chi connectivity index (χ3v) is 3.82. The Morgan fingerprint density at radius 1 is 1.13 bits per heavy atom. The lowest BCUT2D eigenvalue weighted by Crippen LogP contribution is -2.32. The number of hydrogen-bond donors (Lipinski definition) is 2. The third kappa shape index (κ3) is 4.65. The van der Waals surface area contributed by atoms with Gasteiger partial charge in [0.2, 0.25) is 5.91 Å². The van der Waals surface area contributed by atoms with E-state index in [2.05, 4.69) is 10.6 Å². The van der Waals surface area contributed by atoms with Crippen LogP contribution in [0.3, 0.4) is 0 Å². The van der Waals surface area contributed by atoms with E-state index >= 15 is 0 Å². The molecule has 2 rings (SSSR count). The molecule has 23 heavy (non-hydrogen) atoms. The molecule has 0 radical (unpaired) electrons. The highest BCUT2D eigenvalue weighted by molar-refractivity contribution is 7.12. The van der Waals surface area contributed by atoms with Crippen LogP contribution < -0.4 is 10.6 Å². The molecule has 2 N–H and O–H groups in total. The fraction of sp³-hybridized carbons (Fsp3) is 0.188. The Hall–Kier alpha value is -2.67. The monoisotopic (exact) mass is 331 g/mol. The molecule has 0 atom stereocenters. The summed E-state index contributed by atoms with van der Waals surface area (Å²) in [4.78, 5) is 37.5. The van der Waals surface area contributed by atoms with Gasteiger partial charge in [-0.2, -0.15) is 0 Å². The Balaban J connectivity index is 1.91. The van der Waals surface area contributed by atoms with E-state index in [1.165, 1.54) is 16.2 Å². The molecule has 3 amide bonds. The van der Waals surface area contributed by atoms with Gasteiger partial charge in [0.25, 0.3) is 11.8 Å². The van der Waals surface area contributed by atoms with Crippen molar-refractivity contribution in [1.82, 2.24) is 10.2 Å². The second kappa shape index (κ2) is 7.55. The molecule has 1 heterocycles. The van der Waals surface area contributed by atoms with Crippen molar-refractivity contribution in [1.29, 1.82) is 0 Å². The van der Waals surface area contributed by atoms with E-state index in [-0.39, 0.29) is 24.3 Å². The summed E-state index contributed by atoms with van der Waals surface area (Å²) in [5.74, 6) is -0.789. The number of carbonyl (C=O) groups excluding carboxylic acids is 3. The molecule has 120 valence electrons. The second-order valence-electron chi connectivity index (χ2n) is 4.99. The number of carbonyl (C=O) groups is 3. The molecule has 0 fully saturated rings. The average molecular weight is 331 g/mol. The number of anilines is 1. The van der Waals surface area contributed by atoms with E-state index in [1.807, 2.05) is 0 Å². The predicted molar refractivity (Wildman–Crippen MR) is 89.7 cm³/mol. The molecular weight excluding hydrogens is 314 g/mol. The van der Waals surface area contributed by atoms with Gasteiger partial charge in [-0.05, 0) is 29.6 Å². The van der Waals surface area contributed by atoms with Crippen LogP contribution in [-0.4, -0.2) is 43.3 Å². The summed E-state index contributed by atoms with van der Waals surface area (Å²) >= 11 is 1.31. The predicted octanol–water partition coefficient (Wildman–Crippen LogP) is 1.82. The van der Waals surface area contributed by atoms with Crippen molar-refractivity contribution in [3.8, 4) is 0 Å². The zero-order valence-electron chi connectivity index (χ0n) is 12.8. The average Bonchev–Trinajstić information content (AvgIpc) is 3.06. The van der Waals surface area contributed by atoms with Crippen molar-refractivity contribution in [2.24, 2.45) is 0 Å². The van der Waals surface area contributed by atoms with Crippen molar-refractivity contribution in [3.05, 3.63) is 52.2 Å². The van der Waals surface area contributed by atoms with Crippen LogP contribution in [0, 0.1) is 0 Å². The zero-order chi connectivity index (χ0) is 16.8. The van der Waals surface area contributed by atoms with Crippen LogP contribution in [0.4, 0.5) is 5.69 Å². The number of rotatable bonds is 5. The van der Waals surface area contributed by atoms with Crippen molar-refractivity contribution < 1.29 is 14.4 Å². The fourth-order valence-corrected chi connectivity index (χ4v) is 2.49. The van der Waals surface area contributed by atoms with Crippen molar-refractivity contribution >= 4 is 34.7 Å². The van der Waals surface area contributed by atoms with E-state index in [9.17, 15) is 14.4 Å². The van der Waals surface area contributed by atoms with Gasteiger partial charge in [0.15, 0.2) is 0 Å². The first-order valence-electron chi connectivity index (χ1n) is 6.90. The summed E-state index contributed by atoms with van der Waals surface area (Å²) in [5.41, 5.74) is 0.989. The SMILES string of the molecule is CN(C)C(=O)c1cccc(NC(=O)CNC(=O)c2cccs2)c1. The van der Waals surface area contributed by atoms with Crippen LogP contribution in [0.2, 0.25) is 0 Å². The van der Waals surface area contributed by atoms with E-state index < -0.39 is 0 Å². The first-order valence-corrected chi connectivity index (χ1v) is 7.78. The van der Waals surface area contributed by atoms with Gasteiger partial charge in [-0.25, -0.2) is 0 Å². The number of amides is 3. The first-order chi connectivity index (χ1) is 11.0. The summed E-state index contributed by atoms with van der Waals surface area (Å²) in [6.45, 7) is -0.136. The molecule has 6 nitrogen and oxygen atoms in total. The van der Waals surface area contributed by atoms with Gasteiger partial charge in [-0.1, -0.05) is 12.1 Å². The largest absolute Gasteiger partial charge is 0.345 e. The number of hydrogen-bond acceptors (Lipinski definition) is 4. The topological polar surface area (TPSA) is 78.5 Å². The number of thiophene rings is 1. The maximum Gasteiger partial charge on any atom is 0.261 e. The van der Waals surface area contributed by atoms with Gasteiger partial charge < -0.3 is 15.5 Å². The summed E-state index contributed by atoms with van der Waals surface area (Å²) < 4.78 is 0. The maximum atomic E-state index is 11.9. The van der Waals surface area contributed by atoms with Gasteiger partial charge in [0, 0.05) is 25.3 Å². The molecule has 0 aliphatic heterocycles. The molecule has 1 aromatic heterocycles. The molecule has 1 aromatic carbocycles. The van der Waals surface area contributed by atoms with E-state index in [4.69, 9.17) is 0 Å². The zero-order valence-corrected chi connectivity index (χ0v) is 13.6. The highest BCUT2D eigenvalue weighted by atomic mass is 32.1. The highest BCUT2D eigenvalue weighted by Gasteiger charge is 2.11. The van der Waals surface area contributed by atoms with Gasteiger partial charge >= 0.3 is 0 Å². The summed E-state index contributed by atoms with van der Waals surface area (Å²) in [6.07, 6.45) is 0. The van der Waals surface area contributed by atoms with Crippen molar-refractivity contribution in [3.63, 3.8) is 0 Å². The second-order valence-corrected chi connectivity index (χ2v) is 5.94. The molecule has 0 aliphatic rings. The lowest BCUT2D eigenvalue weighted by atomic mass is 10.2. The van der Waals surface area contributed by atoms with Crippen LogP contribution in [0.1, 0.15) is 20.0 Å². The van der Waals surface area contributed by atoms with Gasteiger partial charge in [0.05, 0.1) is 11.4 Å². The normalized spacial score (nSPS) is 10.0.